The molecule has 0 aliphatic carbocycles. The van der Waals surface area contributed by atoms with Gasteiger partial charge in [0.1, 0.15) is 0 Å². The summed E-state index contributed by atoms with van der Waals surface area (Å²) in [6.45, 7) is -0.306. The Morgan fingerprint density at radius 2 is 1.30 bits per heavy atom. The molecule has 5 nitrogen and oxygen atoms in total. The molecule has 0 aromatic carbocycles. The Balaban J connectivity index is 2.78. The van der Waals surface area contributed by atoms with Gasteiger partial charge in [-0.1, -0.05) is 0 Å². The van der Waals surface area contributed by atoms with Crippen LogP contribution in [-0.2, 0) is 0 Å². The first kappa shape index (κ1) is 7.90. The molecule has 1 saturated heterocycles. The van der Waals surface area contributed by atoms with Crippen molar-refractivity contribution < 1.29 is 20.4 Å². The first-order chi connectivity index (χ1) is 4.35. The molecule has 5 heteroatoms. The van der Waals surface area contributed by atoms with Gasteiger partial charge < -0.3 is 20.4 Å². The van der Waals surface area contributed by atoms with Crippen molar-refractivity contribution in [1.82, 2.24) is 4.90 Å². The van der Waals surface area contributed by atoms with Crippen LogP contribution in [0.5, 0.6) is 0 Å². The van der Waals surface area contributed by atoms with Gasteiger partial charge >= 0.3 is 0 Å². The minimum atomic E-state index is -2.40. The van der Waals surface area contributed by atoms with Gasteiger partial charge in [-0.3, -0.25) is 4.90 Å². The smallest absolute Gasteiger partial charge is 0.232 e. The third kappa shape index (κ3) is 1.02. The molecule has 0 unspecified atom stereocenters. The topological polar surface area (TPSA) is 84.2 Å². The predicted molar refractivity (Wildman–Crippen MR) is 31.8 cm³/mol. The van der Waals surface area contributed by atoms with E-state index in [0.717, 1.165) is 0 Å². The molecule has 1 heterocycles. The maximum Gasteiger partial charge on any atom is 0.232 e. The summed E-state index contributed by atoms with van der Waals surface area (Å²) in [5.41, 5.74) is 0. The number of aliphatic hydroxyl groups is 4. The predicted octanol–water partition coefficient (Wildman–Crippen LogP) is -2.71. The van der Waals surface area contributed by atoms with Crippen LogP contribution in [0, 0.1) is 0 Å². The van der Waals surface area contributed by atoms with Crippen LogP contribution in [0.1, 0.15) is 0 Å². The molecule has 0 radical (unpaired) electrons. The third-order valence-electron chi connectivity index (χ3n) is 1.62. The highest BCUT2D eigenvalue weighted by Gasteiger charge is 2.53. The quantitative estimate of drug-likeness (QED) is 0.281. The molecule has 4 N–H and O–H groups in total. The Morgan fingerprint density at radius 1 is 1.00 bits per heavy atom. The lowest BCUT2D eigenvalue weighted by atomic mass is 10.1. The van der Waals surface area contributed by atoms with Gasteiger partial charge in [-0.15, -0.1) is 0 Å². The summed E-state index contributed by atoms with van der Waals surface area (Å²) in [6.07, 6.45) is 0. The number of hydrogen-bond acceptors (Lipinski definition) is 5. The average molecular weight is 149 g/mol. The van der Waals surface area contributed by atoms with Crippen molar-refractivity contribution in [2.24, 2.45) is 0 Å². The van der Waals surface area contributed by atoms with Crippen LogP contribution in [0.3, 0.4) is 0 Å². The lowest BCUT2D eigenvalue weighted by molar-refractivity contribution is -0.328. The molecule has 1 aliphatic rings. The number of likely N-dealkylation sites (tertiary alicyclic amines) is 1. The molecule has 0 amide bonds. The molecular weight excluding hydrogens is 138 g/mol. The van der Waals surface area contributed by atoms with E-state index < -0.39 is 11.6 Å². The number of likely N-dealkylation sites (N-methyl/N-ethyl adjacent to an activating group) is 1. The van der Waals surface area contributed by atoms with E-state index in [1.807, 2.05) is 0 Å². The van der Waals surface area contributed by atoms with Crippen LogP contribution in [0.15, 0.2) is 0 Å². The fourth-order valence-corrected chi connectivity index (χ4v) is 1.06. The van der Waals surface area contributed by atoms with E-state index in [4.69, 9.17) is 20.4 Å². The van der Waals surface area contributed by atoms with Gasteiger partial charge in [-0.25, -0.2) is 0 Å². The first-order valence-corrected chi connectivity index (χ1v) is 2.93. The van der Waals surface area contributed by atoms with E-state index in [1.54, 1.807) is 7.05 Å². The first-order valence-electron chi connectivity index (χ1n) is 2.93. The minimum Gasteiger partial charge on any atom is -0.360 e. The highest BCUT2D eigenvalue weighted by Crippen LogP contribution is 2.25. The van der Waals surface area contributed by atoms with Crippen LogP contribution in [-0.4, -0.2) is 57.0 Å². The standard InChI is InChI=1S/C5H11NO4/c1-6-2-4(7,8)5(9,10)3-6/h7-10H,2-3H2,1H3. The Morgan fingerprint density at radius 3 is 1.40 bits per heavy atom. The fraction of sp³-hybridized carbons (Fsp3) is 1.00. The van der Waals surface area contributed by atoms with Crippen LogP contribution in [0.2, 0.25) is 0 Å². The molecule has 1 aliphatic heterocycles. The fourth-order valence-electron chi connectivity index (χ4n) is 1.06. The van der Waals surface area contributed by atoms with Crippen molar-refractivity contribution in [1.29, 1.82) is 0 Å². The van der Waals surface area contributed by atoms with Crippen molar-refractivity contribution >= 4 is 0 Å². The van der Waals surface area contributed by atoms with Crippen LogP contribution in [0.25, 0.3) is 0 Å². The summed E-state index contributed by atoms with van der Waals surface area (Å²) in [5.74, 6) is -4.80. The van der Waals surface area contributed by atoms with Crippen LogP contribution >= 0.6 is 0 Å². The number of hydrogen-bond donors (Lipinski definition) is 4. The number of rotatable bonds is 0. The molecule has 0 saturated carbocycles. The van der Waals surface area contributed by atoms with E-state index in [1.165, 1.54) is 4.90 Å². The summed E-state index contributed by atoms with van der Waals surface area (Å²) in [7, 11) is 1.56. The molecular formula is C5H11NO4. The molecule has 1 fully saturated rings. The van der Waals surface area contributed by atoms with E-state index in [9.17, 15) is 0 Å². The second kappa shape index (κ2) is 1.90. The molecule has 0 atom stereocenters. The Labute approximate surface area is 58.1 Å². The molecule has 10 heavy (non-hydrogen) atoms. The summed E-state index contributed by atoms with van der Waals surface area (Å²) >= 11 is 0. The Bertz CT molecular complexity index is 129. The van der Waals surface area contributed by atoms with Crippen molar-refractivity contribution in [2.75, 3.05) is 20.1 Å². The minimum absolute atomic E-state index is 0.153. The second-order valence-electron chi connectivity index (χ2n) is 2.81. The lowest BCUT2D eigenvalue weighted by Crippen LogP contribution is -2.53. The second-order valence-corrected chi connectivity index (χ2v) is 2.81. The molecule has 0 bridgehead atoms. The number of nitrogens with zero attached hydrogens (tertiary/aromatic N) is 1. The van der Waals surface area contributed by atoms with E-state index in [2.05, 4.69) is 0 Å². The lowest BCUT2D eigenvalue weighted by Gasteiger charge is -2.25. The third-order valence-corrected chi connectivity index (χ3v) is 1.62. The summed E-state index contributed by atoms with van der Waals surface area (Å²) in [5, 5.41) is 35.6. The van der Waals surface area contributed by atoms with E-state index in [0.29, 0.717) is 0 Å². The molecule has 60 valence electrons. The van der Waals surface area contributed by atoms with Gasteiger partial charge in [0.2, 0.25) is 11.6 Å². The van der Waals surface area contributed by atoms with Gasteiger partial charge in [-0.2, -0.15) is 0 Å². The molecule has 0 aromatic rings. The Kier molecular flexibility index (Phi) is 1.50. The van der Waals surface area contributed by atoms with Crippen molar-refractivity contribution in [3.63, 3.8) is 0 Å². The molecule has 1 rings (SSSR count). The van der Waals surface area contributed by atoms with Crippen LogP contribution in [0.4, 0.5) is 0 Å². The zero-order valence-corrected chi connectivity index (χ0v) is 5.65. The van der Waals surface area contributed by atoms with Gasteiger partial charge in [0, 0.05) is 0 Å². The zero-order chi connectivity index (χ0) is 7.99. The monoisotopic (exact) mass is 149 g/mol. The Hall–Kier alpha value is -0.200. The van der Waals surface area contributed by atoms with Gasteiger partial charge in [-0.05, 0) is 7.05 Å². The van der Waals surface area contributed by atoms with E-state index >= 15 is 0 Å². The maximum absolute atomic E-state index is 8.91. The molecule has 0 spiro atoms. The highest BCUT2D eigenvalue weighted by molar-refractivity contribution is 4.93. The summed E-state index contributed by atoms with van der Waals surface area (Å²) < 4.78 is 0. The van der Waals surface area contributed by atoms with Crippen LogP contribution < -0.4 is 0 Å². The maximum atomic E-state index is 8.91. The van der Waals surface area contributed by atoms with Crippen molar-refractivity contribution in [3.05, 3.63) is 0 Å². The summed E-state index contributed by atoms with van der Waals surface area (Å²) in [6, 6.07) is 0. The summed E-state index contributed by atoms with van der Waals surface area (Å²) in [4.78, 5) is 1.42. The van der Waals surface area contributed by atoms with E-state index in [-0.39, 0.29) is 13.1 Å². The largest absolute Gasteiger partial charge is 0.360 e. The molecule has 0 aromatic heterocycles. The zero-order valence-electron chi connectivity index (χ0n) is 5.65. The van der Waals surface area contributed by atoms with Gasteiger partial charge in [0.15, 0.2) is 0 Å². The highest BCUT2D eigenvalue weighted by atomic mass is 16.6. The normalized spacial score (nSPS) is 30.9. The van der Waals surface area contributed by atoms with Gasteiger partial charge in [0.25, 0.3) is 0 Å². The van der Waals surface area contributed by atoms with Crippen molar-refractivity contribution in [3.8, 4) is 0 Å². The number of β-amino-alcohol motifs (C(OH)–C–C–N with tert-alkyl or cyclic N) is 4. The van der Waals surface area contributed by atoms with Crippen molar-refractivity contribution in [2.45, 2.75) is 11.6 Å². The average Bonchev–Trinajstić information content (AvgIpc) is 1.73. The van der Waals surface area contributed by atoms with Gasteiger partial charge in [0.05, 0.1) is 13.1 Å². The SMILES string of the molecule is CN1CC(O)(O)C(O)(O)C1.